The highest BCUT2D eigenvalue weighted by Crippen LogP contribution is 2.32. The quantitative estimate of drug-likeness (QED) is 0.728. The van der Waals surface area contributed by atoms with E-state index in [-0.39, 0.29) is 5.78 Å². The van der Waals surface area contributed by atoms with Gasteiger partial charge in [0.05, 0.1) is 5.69 Å². The minimum Gasteiger partial charge on any atom is -0.300 e. The van der Waals surface area contributed by atoms with Crippen molar-refractivity contribution in [3.8, 4) is 11.4 Å². The first-order valence-corrected chi connectivity index (χ1v) is 7.59. The van der Waals surface area contributed by atoms with Crippen LogP contribution in [0.5, 0.6) is 0 Å². The second-order valence-corrected chi connectivity index (χ2v) is 5.38. The summed E-state index contributed by atoms with van der Waals surface area (Å²) >= 11 is 1.29. The molecular formula is C15H13N5OS. The fraction of sp³-hybridized carbons (Fsp3) is 0.133. The van der Waals surface area contributed by atoms with E-state index in [1.165, 1.54) is 11.3 Å². The van der Waals surface area contributed by atoms with Gasteiger partial charge in [0.1, 0.15) is 10.6 Å². The third kappa shape index (κ3) is 2.99. The minimum atomic E-state index is 0.0418. The molecule has 0 fully saturated rings. The lowest BCUT2D eigenvalue weighted by Crippen LogP contribution is -1.97. The maximum Gasteiger partial charge on any atom is 0.228 e. The molecule has 7 heteroatoms. The third-order valence-electron chi connectivity index (χ3n) is 2.89. The van der Waals surface area contributed by atoms with Crippen LogP contribution in [0.1, 0.15) is 23.0 Å². The second-order valence-electron chi connectivity index (χ2n) is 4.39. The zero-order valence-electron chi connectivity index (χ0n) is 11.9. The largest absolute Gasteiger partial charge is 0.300 e. The van der Waals surface area contributed by atoms with E-state index in [1.54, 1.807) is 24.7 Å². The normalized spacial score (nSPS) is 10.4. The molecule has 0 saturated carbocycles. The number of hydrogen-bond donors (Lipinski definition) is 1. The van der Waals surface area contributed by atoms with Crippen molar-refractivity contribution in [2.45, 2.75) is 13.3 Å². The van der Waals surface area contributed by atoms with Gasteiger partial charge in [-0.3, -0.25) is 9.78 Å². The Bertz CT molecular complexity index is 773. The van der Waals surface area contributed by atoms with Gasteiger partial charge in [0.2, 0.25) is 5.95 Å². The Morgan fingerprint density at radius 3 is 2.59 bits per heavy atom. The molecule has 3 aromatic heterocycles. The Morgan fingerprint density at radius 1 is 1.14 bits per heavy atom. The van der Waals surface area contributed by atoms with Gasteiger partial charge in [-0.25, -0.2) is 15.0 Å². The van der Waals surface area contributed by atoms with Crippen molar-refractivity contribution in [2.24, 2.45) is 0 Å². The zero-order valence-corrected chi connectivity index (χ0v) is 12.7. The summed E-state index contributed by atoms with van der Waals surface area (Å²) in [6.07, 6.45) is 5.38. The first kappa shape index (κ1) is 14.3. The third-order valence-corrected chi connectivity index (χ3v) is 3.91. The first-order valence-electron chi connectivity index (χ1n) is 6.77. The molecule has 0 aliphatic rings. The number of aromatic nitrogens is 4. The number of nitrogens with zero attached hydrogens (tertiary/aromatic N) is 4. The second kappa shape index (κ2) is 6.40. The van der Waals surface area contributed by atoms with E-state index >= 15 is 0 Å². The summed E-state index contributed by atoms with van der Waals surface area (Å²) in [5, 5.41) is 3.59. The molecule has 0 bridgehead atoms. The van der Waals surface area contributed by atoms with Crippen LogP contribution in [0.2, 0.25) is 0 Å². The number of thiazole rings is 1. The fourth-order valence-corrected chi connectivity index (χ4v) is 2.84. The molecule has 0 radical (unpaired) electrons. The molecular weight excluding hydrogens is 298 g/mol. The van der Waals surface area contributed by atoms with E-state index < -0.39 is 0 Å². The summed E-state index contributed by atoms with van der Waals surface area (Å²) in [6, 6.07) is 7.27. The van der Waals surface area contributed by atoms with Crippen molar-refractivity contribution in [3.63, 3.8) is 0 Å². The number of pyridine rings is 1. The topological polar surface area (TPSA) is 80.7 Å². The van der Waals surface area contributed by atoms with E-state index in [1.807, 2.05) is 25.1 Å². The van der Waals surface area contributed by atoms with Crippen LogP contribution < -0.4 is 5.32 Å². The maximum absolute atomic E-state index is 12.2. The highest BCUT2D eigenvalue weighted by Gasteiger charge is 2.19. The number of rotatable bonds is 5. The molecule has 0 unspecified atom stereocenters. The summed E-state index contributed by atoms with van der Waals surface area (Å²) in [7, 11) is 0. The van der Waals surface area contributed by atoms with Crippen LogP contribution >= 0.6 is 11.3 Å². The highest BCUT2D eigenvalue weighted by molar-refractivity contribution is 7.18. The molecule has 3 rings (SSSR count). The smallest absolute Gasteiger partial charge is 0.228 e. The Labute approximate surface area is 131 Å². The van der Waals surface area contributed by atoms with Gasteiger partial charge in [-0.15, -0.1) is 0 Å². The molecule has 0 aliphatic carbocycles. The average molecular weight is 311 g/mol. The lowest BCUT2D eigenvalue weighted by atomic mass is 10.2. The summed E-state index contributed by atoms with van der Waals surface area (Å²) in [4.78, 5) is 29.7. The molecule has 0 atom stereocenters. The Balaban J connectivity index is 2.00. The number of hydrogen-bond acceptors (Lipinski definition) is 7. The standard InChI is InChI=1S/C15H13N5OS/c1-2-11(21)13-12(10-6-3-4-7-16-10)19-15(22-13)20-14-17-8-5-9-18-14/h3-9H,2H2,1H3,(H,17,18,19,20). The van der Waals surface area contributed by atoms with Gasteiger partial charge in [-0.2, -0.15) is 0 Å². The van der Waals surface area contributed by atoms with Crippen LogP contribution in [0, 0.1) is 0 Å². The van der Waals surface area contributed by atoms with Gasteiger partial charge in [0, 0.05) is 25.0 Å². The van der Waals surface area contributed by atoms with Crippen LogP contribution in [-0.4, -0.2) is 25.7 Å². The summed E-state index contributed by atoms with van der Waals surface area (Å²) in [5.41, 5.74) is 1.27. The lowest BCUT2D eigenvalue weighted by Gasteiger charge is -1.98. The maximum atomic E-state index is 12.2. The van der Waals surface area contributed by atoms with Gasteiger partial charge >= 0.3 is 0 Å². The molecule has 0 saturated heterocycles. The monoisotopic (exact) mass is 311 g/mol. The first-order chi connectivity index (χ1) is 10.8. The minimum absolute atomic E-state index is 0.0418. The Morgan fingerprint density at radius 2 is 1.91 bits per heavy atom. The molecule has 1 N–H and O–H groups in total. The summed E-state index contributed by atoms with van der Waals surface area (Å²) in [6.45, 7) is 1.83. The predicted octanol–water partition coefficient (Wildman–Crippen LogP) is 3.33. The molecule has 110 valence electrons. The van der Waals surface area contributed by atoms with Crippen molar-refractivity contribution in [3.05, 3.63) is 47.7 Å². The van der Waals surface area contributed by atoms with E-state index in [0.717, 1.165) is 0 Å². The average Bonchev–Trinajstić information content (AvgIpc) is 3.00. The fourth-order valence-electron chi connectivity index (χ4n) is 1.86. The molecule has 6 nitrogen and oxygen atoms in total. The van der Waals surface area contributed by atoms with Crippen LogP contribution in [-0.2, 0) is 0 Å². The number of nitrogens with one attached hydrogen (secondary N) is 1. The molecule has 22 heavy (non-hydrogen) atoms. The van der Waals surface area contributed by atoms with Crippen LogP contribution in [0.3, 0.4) is 0 Å². The zero-order chi connectivity index (χ0) is 15.4. The predicted molar refractivity (Wildman–Crippen MR) is 85.3 cm³/mol. The van der Waals surface area contributed by atoms with Gasteiger partial charge in [-0.1, -0.05) is 24.3 Å². The van der Waals surface area contributed by atoms with Crippen molar-refractivity contribution in [2.75, 3.05) is 5.32 Å². The van der Waals surface area contributed by atoms with E-state index in [2.05, 4.69) is 25.3 Å². The molecule has 0 amide bonds. The van der Waals surface area contributed by atoms with Crippen LogP contribution in [0.15, 0.2) is 42.9 Å². The molecule has 3 aromatic rings. The van der Waals surface area contributed by atoms with Crippen molar-refractivity contribution in [1.82, 2.24) is 19.9 Å². The Hall–Kier alpha value is -2.67. The number of ketones is 1. The van der Waals surface area contributed by atoms with Crippen LogP contribution in [0.4, 0.5) is 11.1 Å². The van der Waals surface area contributed by atoms with Crippen molar-refractivity contribution < 1.29 is 4.79 Å². The number of Topliss-reactive ketones (excluding diaryl/α,β-unsaturated/α-hetero) is 1. The SMILES string of the molecule is CCC(=O)c1sc(Nc2ncccn2)nc1-c1ccccn1. The number of carbonyl (C=O) groups is 1. The molecule has 0 aliphatic heterocycles. The Kier molecular flexibility index (Phi) is 4.15. The van der Waals surface area contributed by atoms with Gasteiger partial charge in [-0.05, 0) is 18.2 Å². The molecule has 0 aromatic carbocycles. The lowest BCUT2D eigenvalue weighted by molar-refractivity contribution is 0.0992. The summed E-state index contributed by atoms with van der Waals surface area (Å²) < 4.78 is 0. The van der Waals surface area contributed by atoms with Gasteiger partial charge < -0.3 is 5.32 Å². The number of anilines is 2. The highest BCUT2D eigenvalue weighted by atomic mass is 32.1. The van der Waals surface area contributed by atoms with Crippen molar-refractivity contribution >= 4 is 28.2 Å². The molecule has 3 heterocycles. The van der Waals surface area contributed by atoms with Crippen LogP contribution in [0.25, 0.3) is 11.4 Å². The van der Waals surface area contributed by atoms with E-state index in [0.29, 0.717) is 33.8 Å². The molecule has 0 spiro atoms. The van der Waals surface area contributed by atoms with E-state index in [9.17, 15) is 4.79 Å². The number of carbonyl (C=O) groups excluding carboxylic acids is 1. The van der Waals surface area contributed by atoms with Gasteiger partial charge in [0.25, 0.3) is 0 Å². The van der Waals surface area contributed by atoms with E-state index in [4.69, 9.17) is 0 Å². The van der Waals surface area contributed by atoms with Crippen molar-refractivity contribution in [1.29, 1.82) is 0 Å². The summed E-state index contributed by atoms with van der Waals surface area (Å²) in [5.74, 6) is 0.486. The van der Waals surface area contributed by atoms with Gasteiger partial charge in [0.15, 0.2) is 10.9 Å².